The Balaban J connectivity index is 1.58. The summed E-state index contributed by atoms with van der Waals surface area (Å²) in [7, 11) is 0. The summed E-state index contributed by atoms with van der Waals surface area (Å²) < 4.78 is 5.98. The van der Waals surface area contributed by atoms with Crippen LogP contribution in [-0.2, 0) is 9.53 Å². The van der Waals surface area contributed by atoms with Crippen molar-refractivity contribution in [3.8, 4) is 0 Å². The summed E-state index contributed by atoms with van der Waals surface area (Å²) >= 11 is 0. The molecule has 2 amide bonds. The second kappa shape index (κ2) is 8.15. The monoisotopic (exact) mass is 422 g/mol. The quantitative estimate of drug-likeness (QED) is 0.822. The molecule has 162 valence electrons. The third-order valence-electron chi connectivity index (χ3n) is 6.24. The number of aliphatic carboxylic acids is 1. The molecule has 2 fully saturated rings. The number of ether oxygens (including phenoxy) is 1. The zero-order chi connectivity index (χ0) is 22.2. The van der Waals surface area contributed by atoms with Crippen molar-refractivity contribution in [2.75, 3.05) is 19.7 Å². The lowest BCUT2D eigenvalue weighted by Gasteiger charge is -2.44. The normalized spacial score (nSPS) is 20.1. The summed E-state index contributed by atoms with van der Waals surface area (Å²) in [6.45, 7) is 4.50. The van der Waals surface area contributed by atoms with Crippen LogP contribution in [0.3, 0.4) is 0 Å². The van der Waals surface area contributed by atoms with Crippen LogP contribution in [0.4, 0.5) is 0 Å². The molecule has 0 unspecified atom stereocenters. The van der Waals surface area contributed by atoms with E-state index in [-0.39, 0.29) is 18.4 Å². The Morgan fingerprint density at radius 1 is 1.00 bits per heavy atom. The average Bonchev–Trinajstić information content (AvgIpc) is 3.12. The lowest BCUT2D eigenvalue weighted by atomic mass is 9.95. The van der Waals surface area contributed by atoms with Crippen LogP contribution < -0.4 is 0 Å². The Bertz CT molecular complexity index is 1030. The van der Waals surface area contributed by atoms with Gasteiger partial charge in [0.1, 0.15) is 5.72 Å². The predicted octanol–water partition coefficient (Wildman–Crippen LogP) is 2.86. The van der Waals surface area contributed by atoms with E-state index in [1.165, 1.54) is 4.90 Å². The molecule has 2 aromatic rings. The first kappa shape index (κ1) is 21.1. The zero-order valence-corrected chi connectivity index (χ0v) is 17.7. The molecule has 0 radical (unpaired) electrons. The van der Waals surface area contributed by atoms with Crippen LogP contribution >= 0.6 is 0 Å². The third-order valence-corrected chi connectivity index (χ3v) is 6.24. The molecule has 0 bridgehead atoms. The van der Waals surface area contributed by atoms with Crippen molar-refractivity contribution < 1.29 is 24.2 Å². The number of nitrogens with zero attached hydrogens (tertiary/aromatic N) is 2. The van der Waals surface area contributed by atoms with E-state index in [1.807, 2.05) is 44.2 Å². The molecule has 0 aliphatic carbocycles. The lowest BCUT2D eigenvalue weighted by molar-refractivity contribution is -0.143. The van der Waals surface area contributed by atoms with Gasteiger partial charge in [-0.15, -0.1) is 0 Å². The molecule has 2 saturated heterocycles. The van der Waals surface area contributed by atoms with Crippen molar-refractivity contribution in [1.82, 2.24) is 9.80 Å². The highest BCUT2D eigenvalue weighted by atomic mass is 16.5. The van der Waals surface area contributed by atoms with Gasteiger partial charge in [-0.1, -0.05) is 35.9 Å². The SMILES string of the molecule is Cc1cccc(C(=O)N2[C@H](C(=O)O)COC23CCN(C(=O)c2ccccc2C)CC3)c1. The Labute approximate surface area is 181 Å². The van der Waals surface area contributed by atoms with Crippen LogP contribution in [0.1, 0.15) is 44.7 Å². The molecule has 1 spiro atoms. The average molecular weight is 422 g/mol. The van der Waals surface area contributed by atoms with Crippen molar-refractivity contribution in [2.45, 2.75) is 38.5 Å². The molecule has 1 N–H and O–H groups in total. The highest BCUT2D eigenvalue weighted by Gasteiger charge is 2.54. The van der Waals surface area contributed by atoms with Crippen LogP contribution in [0.15, 0.2) is 48.5 Å². The lowest BCUT2D eigenvalue weighted by Crippen LogP contribution is -2.58. The van der Waals surface area contributed by atoms with Crippen molar-refractivity contribution in [3.63, 3.8) is 0 Å². The van der Waals surface area contributed by atoms with E-state index in [2.05, 4.69) is 0 Å². The summed E-state index contributed by atoms with van der Waals surface area (Å²) in [5.74, 6) is -1.50. The minimum absolute atomic E-state index is 0.0569. The smallest absolute Gasteiger partial charge is 0.328 e. The van der Waals surface area contributed by atoms with Gasteiger partial charge in [0.15, 0.2) is 6.04 Å². The first-order valence-corrected chi connectivity index (χ1v) is 10.4. The molecular weight excluding hydrogens is 396 g/mol. The Kier molecular flexibility index (Phi) is 5.54. The maximum atomic E-state index is 13.4. The van der Waals surface area contributed by atoms with E-state index in [4.69, 9.17) is 4.74 Å². The number of benzene rings is 2. The summed E-state index contributed by atoms with van der Waals surface area (Å²) in [5, 5.41) is 9.73. The predicted molar refractivity (Wildman–Crippen MR) is 114 cm³/mol. The van der Waals surface area contributed by atoms with Gasteiger partial charge in [0, 0.05) is 37.1 Å². The molecule has 0 saturated carbocycles. The van der Waals surface area contributed by atoms with E-state index < -0.39 is 17.7 Å². The number of hydrogen-bond acceptors (Lipinski definition) is 4. The standard InChI is InChI=1S/C24H26N2O5/c1-16-6-5-8-18(14-16)21(27)26-20(23(29)30)15-31-24(26)10-12-25(13-11-24)22(28)19-9-4-3-7-17(19)2/h3-9,14,20H,10-13,15H2,1-2H3,(H,29,30)/t20-/m0/s1. The van der Waals surface area contributed by atoms with Gasteiger partial charge in [-0.25, -0.2) is 4.79 Å². The second-order valence-corrected chi connectivity index (χ2v) is 8.26. The van der Waals surface area contributed by atoms with Gasteiger partial charge < -0.3 is 14.7 Å². The van der Waals surface area contributed by atoms with Gasteiger partial charge in [-0.3, -0.25) is 14.5 Å². The minimum atomic E-state index is -1.09. The van der Waals surface area contributed by atoms with E-state index >= 15 is 0 Å². The molecular formula is C24H26N2O5. The Morgan fingerprint density at radius 3 is 2.35 bits per heavy atom. The Hall–Kier alpha value is -3.19. The maximum Gasteiger partial charge on any atom is 0.328 e. The fraction of sp³-hybridized carbons (Fsp3) is 0.375. The number of likely N-dealkylation sites (tertiary alicyclic amines) is 1. The number of rotatable bonds is 3. The molecule has 2 heterocycles. The first-order valence-electron chi connectivity index (χ1n) is 10.4. The number of carbonyl (C=O) groups is 3. The number of aryl methyl sites for hydroxylation is 2. The number of piperidine rings is 1. The van der Waals surface area contributed by atoms with Crippen LogP contribution in [0.25, 0.3) is 0 Å². The van der Waals surface area contributed by atoms with E-state index in [0.717, 1.165) is 11.1 Å². The summed E-state index contributed by atoms with van der Waals surface area (Å²) in [6.07, 6.45) is 0.734. The second-order valence-electron chi connectivity index (χ2n) is 8.26. The number of hydrogen-bond donors (Lipinski definition) is 1. The molecule has 0 aromatic heterocycles. The van der Waals surface area contributed by atoms with Crippen LogP contribution in [0.5, 0.6) is 0 Å². The summed E-state index contributed by atoms with van der Waals surface area (Å²) in [6, 6.07) is 13.5. The molecule has 1 atom stereocenters. The number of carboxylic acid groups (broad SMARTS) is 1. The molecule has 2 aromatic carbocycles. The van der Waals surface area contributed by atoms with Crippen molar-refractivity contribution in [2.24, 2.45) is 0 Å². The van der Waals surface area contributed by atoms with Crippen molar-refractivity contribution in [3.05, 3.63) is 70.8 Å². The number of amides is 2. The highest BCUT2D eigenvalue weighted by Crippen LogP contribution is 2.39. The molecule has 4 rings (SSSR count). The molecule has 31 heavy (non-hydrogen) atoms. The van der Waals surface area contributed by atoms with Gasteiger partial charge in [0.05, 0.1) is 6.61 Å². The van der Waals surface area contributed by atoms with Crippen molar-refractivity contribution >= 4 is 17.8 Å². The largest absolute Gasteiger partial charge is 0.480 e. The molecule has 2 aliphatic heterocycles. The molecule has 7 nitrogen and oxygen atoms in total. The van der Waals surface area contributed by atoms with E-state index in [9.17, 15) is 19.5 Å². The minimum Gasteiger partial charge on any atom is -0.480 e. The fourth-order valence-corrected chi connectivity index (χ4v) is 4.52. The first-order chi connectivity index (χ1) is 14.8. The zero-order valence-electron chi connectivity index (χ0n) is 17.7. The van der Waals surface area contributed by atoms with E-state index in [0.29, 0.717) is 37.1 Å². The molecule has 2 aliphatic rings. The van der Waals surface area contributed by atoms with Crippen molar-refractivity contribution in [1.29, 1.82) is 0 Å². The molecule has 7 heteroatoms. The van der Waals surface area contributed by atoms with Gasteiger partial charge >= 0.3 is 5.97 Å². The van der Waals surface area contributed by atoms with Gasteiger partial charge in [-0.2, -0.15) is 0 Å². The highest BCUT2D eigenvalue weighted by molar-refractivity contribution is 5.98. The van der Waals surface area contributed by atoms with E-state index in [1.54, 1.807) is 23.1 Å². The number of carbonyl (C=O) groups excluding carboxylic acids is 2. The van der Waals surface area contributed by atoms with Gasteiger partial charge in [-0.05, 0) is 37.6 Å². The van der Waals surface area contributed by atoms with Crippen LogP contribution in [0.2, 0.25) is 0 Å². The number of carboxylic acids is 1. The topological polar surface area (TPSA) is 87.2 Å². The van der Waals surface area contributed by atoms with Crippen LogP contribution in [-0.4, -0.2) is 64.2 Å². The summed E-state index contributed by atoms with van der Waals surface area (Å²) in [4.78, 5) is 41.4. The van der Waals surface area contributed by atoms with Gasteiger partial charge in [0.25, 0.3) is 11.8 Å². The third kappa shape index (κ3) is 3.81. The Morgan fingerprint density at radius 2 is 1.71 bits per heavy atom. The fourth-order valence-electron chi connectivity index (χ4n) is 4.52. The van der Waals surface area contributed by atoms with Crippen LogP contribution in [0, 0.1) is 13.8 Å². The maximum absolute atomic E-state index is 13.4. The summed E-state index contributed by atoms with van der Waals surface area (Å²) in [5.41, 5.74) is 1.90. The van der Waals surface area contributed by atoms with Gasteiger partial charge in [0.2, 0.25) is 0 Å².